The molecule has 1 aliphatic heterocycles. The van der Waals surface area contributed by atoms with Crippen LogP contribution in [0.25, 0.3) is 0 Å². The Labute approximate surface area is 134 Å². The van der Waals surface area contributed by atoms with E-state index in [1.165, 1.54) is 0 Å². The van der Waals surface area contributed by atoms with Crippen LogP contribution < -0.4 is 0 Å². The highest BCUT2D eigenvalue weighted by atomic mass is 31.2. The van der Waals surface area contributed by atoms with Crippen molar-refractivity contribution < 1.29 is 23.3 Å². The third-order valence-corrected chi connectivity index (χ3v) is 3.87. The van der Waals surface area contributed by atoms with E-state index in [0.29, 0.717) is 12.1 Å². The first-order chi connectivity index (χ1) is 11.1. The molecule has 1 aromatic heterocycles. The quantitative estimate of drug-likeness (QED) is 0.816. The number of aromatic nitrogens is 1. The summed E-state index contributed by atoms with van der Waals surface area (Å²) in [7, 11) is -4.06. The van der Waals surface area contributed by atoms with Crippen molar-refractivity contribution in [2.45, 2.75) is 19.6 Å². The Balaban J connectivity index is 0.000000326. The average molecular weight is 338 g/mol. The van der Waals surface area contributed by atoms with E-state index in [1.807, 2.05) is 54.9 Å². The number of nitrogens with one attached hydrogen (secondary N) is 1. The van der Waals surface area contributed by atoms with Gasteiger partial charge in [0.15, 0.2) is 0 Å². The van der Waals surface area contributed by atoms with Crippen molar-refractivity contribution in [3.63, 3.8) is 0 Å². The Hall–Kier alpha value is -1.92. The van der Waals surface area contributed by atoms with Gasteiger partial charge in [0.2, 0.25) is 6.29 Å². The summed E-state index contributed by atoms with van der Waals surface area (Å²) in [6.07, 6.45) is 3.17. The third kappa shape index (κ3) is 6.00. The molecule has 0 radical (unpaired) electrons. The number of aromatic amines is 1. The Kier molecular flexibility index (Phi) is 6.55. The van der Waals surface area contributed by atoms with Crippen molar-refractivity contribution >= 4 is 13.5 Å². The summed E-state index contributed by atoms with van der Waals surface area (Å²) < 4.78 is 20.8. The molecule has 7 nitrogen and oxygen atoms in total. The van der Waals surface area contributed by atoms with E-state index in [-0.39, 0.29) is 6.61 Å². The molecular weight excluding hydrogens is 319 g/mol. The van der Waals surface area contributed by atoms with Gasteiger partial charge in [-0.05, 0) is 24.6 Å². The van der Waals surface area contributed by atoms with Gasteiger partial charge in [-0.15, -0.1) is 0 Å². The lowest BCUT2D eigenvalue weighted by molar-refractivity contribution is -0.0744. The monoisotopic (exact) mass is 338 g/mol. The van der Waals surface area contributed by atoms with Crippen LogP contribution in [-0.4, -0.2) is 28.5 Å². The zero-order valence-electron chi connectivity index (χ0n) is 12.7. The Morgan fingerprint density at radius 2 is 2.00 bits per heavy atom. The Morgan fingerprint density at radius 1 is 1.30 bits per heavy atom. The van der Waals surface area contributed by atoms with Crippen molar-refractivity contribution in [1.29, 1.82) is 0 Å². The topological polar surface area (TPSA) is 93.1 Å². The van der Waals surface area contributed by atoms with E-state index in [4.69, 9.17) is 9.36 Å². The summed E-state index contributed by atoms with van der Waals surface area (Å²) in [5, 5.41) is 3.84. The van der Waals surface area contributed by atoms with Gasteiger partial charge in [-0.2, -0.15) is 0 Å². The van der Waals surface area contributed by atoms with Crippen LogP contribution in [0, 0.1) is 0 Å². The first-order valence-electron chi connectivity index (χ1n) is 7.12. The van der Waals surface area contributed by atoms with Crippen LogP contribution in [0.15, 0.2) is 60.0 Å². The molecule has 0 saturated heterocycles. The predicted octanol–water partition coefficient (Wildman–Crippen LogP) is 3.31. The fourth-order valence-corrected chi connectivity index (χ4v) is 2.63. The molecule has 0 spiro atoms. The van der Waals surface area contributed by atoms with Gasteiger partial charge >= 0.3 is 7.82 Å². The first-order valence-corrected chi connectivity index (χ1v) is 8.62. The van der Waals surface area contributed by atoms with Gasteiger partial charge in [0.1, 0.15) is 0 Å². The average Bonchev–Trinajstić information content (AvgIpc) is 3.22. The number of nitrogens with zero attached hydrogens (tertiary/aromatic N) is 1. The molecule has 2 atom stereocenters. The molecule has 1 aliphatic rings. The number of rotatable bonds is 5. The normalized spacial score (nSPS) is 19.0. The molecule has 1 aromatic carbocycles. The maximum atomic E-state index is 11.4. The Morgan fingerprint density at radius 3 is 2.57 bits per heavy atom. The number of H-pyrrole nitrogens is 1. The molecular formula is C15H19N2O5P. The molecule has 2 aromatic rings. The van der Waals surface area contributed by atoms with E-state index in [1.54, 1.807) is 6.92 Å². The van der Waals surface area contributed by atoms with Crippen LogP contribution in [0.1, 0.15) is 18.9 Å². The van der Waals surface area contributed by atoms with Crippen LogP contribution in [0.2, 0.25) is 0 Å². The lowest BCUT2D eigenvalue weighted by Crippen LogP contribution is -2.12. The minimum Gasteiger partial charge on any atom is -0.368 e. The molecule has 23 heavy (non-hydrogen) atoms. The standard InChI is InChI=1S/C11H14NO5P.C4H5N/c1-2-15-18(13,14)17-11-8-10(12-16-11)9-6-4-3-5-7-9;1-2-4-5-3-1/h3-7,11H,2,8H2,1H3,(H,13,14);1-5H. The van der Waals surface area contributed by atoms with Gasteiger partial charge in [-0.25, -0.2) is 9.09 Å². The fourth-order valence-electron chi connectivity index (χ4n) is 1.83. The number of phosphoric ester groups is 1. The number of hydrogen-bond donors (Lipinski definition) is 2. The highest BCUT2D eigenvalue weighted by molar-refractivity contribution is 7.47. The molecule has 0 saturated carbocycles. The zero-order valence-corrected chi connectivity index (χ0v) is 13.6. The molecule has 0 amide bonds. The predicted molar refractivity (Wildman–Crippen MR) is 85.8 cm³/mol. The first kappa shape index (κ1) is 17.4. The highest BCUT2D eigenvalue weighted by Gasteiger charge is 2.31. The second kappa shape index (κ2) is 8.64. The minimum absolute atomic E-state index is 0.0902. The molecule has 2 heterocycles. The van der Waals surface area contributed by atoms with E-state index in [9.17, 15) is 9.46 Å². The van der Waals surface area contributed by atoms with Crippen LogP contribution in [0.4, 0.5) is 0 Å². The molecule has 2 unspecified atom stereocenters. The largest absolute Gasteiger partial charge is 0.475 e. The highest BCUT2D eigenvalue weighted by Crippen LogP contribution is 2.45. The van der Waals surface area contributed by atoms with Crippen LogP contribution in [0.5, 0.6) is 0 Å². The van der Waals surface area contributed by atoms with Crippen LogP contribution in [0.3, 0.4) is 0 Å². The van der Waals surface area contributed by atoms with Gasteiger partial charge in [0, 0.05) is 12.4 Å². The molecule has 124 valence electrons. The molecule has 3 rings (SSSR count). The Bertz CT molecular complexity index is 628. The van der Waals surface area contributed by atoms with E-state index < -0.39 is 14.1 Å². The summed E-state index contributed by atoms with van der Waals surface area (Å²) in [6.45, 7) is 1.69. The fraction of sp³-hybridized carbons (Fsp3) is 0.267. The van der Waals surface area contributed by atoms with Gasteiger partial charge < -0.3 is 14.7 Å². The lowest BCUT2D eigenvalue weighted by atomic mass is 10.1. The number of hydrogen-bond acceptors (Lipinski definition) is 5. The van der Waals surface area contributed by atoms with Crippen molar-refractivity contribution in [2.75, 3.05) is 6.61 Å². The van der Waals surface area contributed by atoms with Crippen molar-refractivity contribution in [1.82, 2.24) is 4.98 Å². The summed E-state index contributed by atoms with van der Waals surface area (Å²) in [5.41, 5.74) is 1.57. The number of oxime groups is 1. The van der Waals surface area contributed by atoms with Gasteiger partial charge in [-0.1, -0.05) is 35.5 Å². The second-order valence-corrected chi connectivity index (χ2v) is 5.93. The van der Waals surface area contributed by atoms with Crippen molar-refractivity contribution in [3.05, 3.63) is 60.4 Å². The second-order valence-electron chi connectivity index (χ2n) is 4.52. The van der Waals surface area contributed by atoms with E-state index >= 15 is 0 Å². The molecule has 8 heteroatoms. The SMILES string of the molecule is CCOP(=O)(O)OC1CC(c2ccccc2)=NO1.c1cc[nH]c1. The van der Waals surface area contributed by atoms with Gasteiger partial charge in [-0.3, -0.25) is 4.52 Å². The van der Waals surface area contributed by atoms with Gasteiger partial charge in [0.25, 0.3) is 0 Å². The maximum Gasteiger partial charge on any atom is 0.475 e. The zero-order chi connectivity index (χ0) is 16.5. The minimum atomic E-state index is -4.06. The summed E-state index contributed by atoms with van der Waals surface area (Å²) in [4.78, 5) is 17.1. The van der Waals surface area contributed by atoms with Gasteiger partial charge in [0.05, 0.1) is 18.7 Å². The summed E-state index contributed by atoms with van der Waals surface area (Å²) in [5.74, 6) is 0. The van der Waals surface area contributed by atoms with E-state index in [2.05, 4.69) is 14.7 Å². The van der Waals surface area contributed by atoms with Crippen LogP contribution in [-0.2, 0) is 18.5 Å². The molecule has 0 fully saturated rings. The van der Waals surface area contributed by atoms with E-state index in [0.717, 1.165) is 5.56 Å². The number of benzene rings is 1. The van der Waals surface area contributed by atoms with Crippen molar-refractivity contribution in [2.24, 2.45) is 5.16 Å². The summed E-state index contributed by atoms with van der Waals surface area (Å²) >= 11 is 0. The smallest absolute Gasteiger partial charge is 0.368 e. The lowest BCUT2D eigenvalue weighted by Gasteiger charge is -2.14. The molecule has 0 bridgehead atoms. The number of phosphoric acid groups is 1. The summed E-state index contributed by atoms with van der Waals surface area (Å²) in [6, 6.07) is 13.3. The molecule has 2 N–H and O–H groups in total. The third-order valence-electron chi connectivity index (χ3n) is 2.79. The molecule has 0 aliphatic carbocycles. The van der Waals surface area contributed by atoms with Crippen LogP contribution >= 0.6 is 7.82 Å². The van der Waals surface area contributed by atoms with Crippen molar-refractivity contribution in [3.8, 4) is 0 Å². The maximum absolute atomic E-state index is 11.4.